The van der Waals surface area contributed by atoms with E-state index in [0.29, 0.717) is 17.6 Å². The number of amides is 1. The van der Waals surface area contributed by atoms with Crippen LogP contribution >= 0.6 is 0 Å². The van der Waals surface area contributed by atoms with Gasteiger partial charge in [0.15, 0.2) is 0 Å². The molecule has 0 bridgehead atoms. The quantitative estimate of drug-likeness (QED) is 0.814. The van der Waals surface area contributed by atoms with Crippen LogP contribution in [0, 0.1) is 6.92 Å². The molecule has 0 aromatic carbocycles. The van der Waals surface area contributed by atoms with Gasteiger partial charge in [-0.2, -0.15) is 0 Å². The predicted octanol–water partition coefficient (Wildman–Crippen LogP) is 0.609. The van der Waals surface area contributed by atoms with Crippen molar-refractivity contribution in [1.82, 2.24) is 20.2 Å². The summed E-state index contributed by atoms with van der Waals surface area (Å²) in [6.07, 6.45) is 3.81. The third kappa shape index (κ3) is 2.79. The van der Waals surface area contributed by atoms with Gasteiger partial charge in [0.2, 0.25) is 0 Å². The van der Waals surface area contributed by atoms with Gasteiger partial charge in [0, 0.05) is 25.3 Å². The average molecular weight is 234 g/mol. The summed E-state index contributed by atoms with van der Waals surface area (Å²) in [5.74, 6) is 0.647. The molecule has 1 aliphatic heterocycles. The predicted molar refractivity (Wildman–Crippen MR) is 64.8 cm³/mol. The minimum atomic E-state index is 0.00968. The first-order chi connectivity index (χ1) is 8.20. The van der Waals surface area contributed by atoms with E-state index < -0.39 is 0 Å². The number of hydrogen-bond donors (Lipinski definition) is 1. The van der Waals surface area contributed by atoms with E-state index in [4.69, 9.17) is 0 Å². The number of rotatable bonds is 2. The summed E-state index contributed by atoms with van der Waals surface area (Å²) < 4.78 is 0. The molecule has 2 rings (SSSR count). The number of likely N-dealkylation sites (tertiary alicyclic amines) is 1. The van der Waals surface area contributed by atoms with Crippen molar-refractivity contribution in [2.24, 2.45) is 0 Å². The summed E-state index contributed by atoms with van der Waals surface area (Å²) >= 11 is 0. The van der Waals surface area contributed by atoms with Gasteiger partial charge in [-0.05, 0) is 32.9 Å². The maximum Gasteiger partial charge on any atom is 0.272 e. The molecule has 1 N–H and O–H groups in total. The first-order valence-electron chi connectivity index (χ1n) is 5.97. The lowest BCUT2D eigenvalue weighted by Gasteiger charge is -2.32. The zero-order valence-electron chi connectivity index (χ0n) is 10.3. The van der Waals surface area contributed by atoms with Crippen molar-refractivity contribution in [2.75, 3.05) is 20.1 Å². The van der Waals surface area contributed by atoms with Gasteiger partial charge in [0.05, 0.1) is 0 Å². The molecule has 5 heteroatoms. The molecular weight excluding hydrogens is 216 g/mol. The second-order valence-corrected chi connectivity index (χ2v) is 4.37. The van der Waals surface area contributed by atoms with Crippen LogP contribution in [0.25, 0.3) is 0 Å². The minimum absolute atomic E-state index is 0.00968. The molecule has 1 amide bonds. The number of aromatic nitrogens is 2. The van der Waals surface area contributed by atoms with Crippen molar-refractivity contribution in [3.63, 3.8) is 0 Å². The standard InChI is InChI=1S/C12H18N4O/c1-9-14-6-5-11(15-9)12(17)16-7-3-4-10(8-16)13-2/h5-6,10,13H,3-4,7-8H2,1-2H3. The molecule has 1 atom stereocenters. The molecular formula is C12H18N4O. The SMILES string of the molecule is CNC1CCCN(C(=O)c2ccnc(C)n2)C1. The van der Waals surface area contributed by atoms with Gasteiger partial charge in [-0.3, -0.25) is 4.79 Å². The minimum Gasteiger partial charge on any atom is -0.336 e. The molecule has 17 heavy (non-hydrogen) atoms. The van der Waals surface area contributed by atoms with Gasteiger partial charge >= 0.3 is 0 Å². The molecule has 0 aliphatic carbocycles. The molecule has 0 spiro atoms. The number of likely N-dealkylation sites (N-methyl/N-ethyl adjacent to an activating group) is 1. The topological polar surface area (TPSA) is 58.1 Å². The van der Waals surface area contributed by atoms with E-state index in [2.05, 4.69) is 15.3 Å². The van der Waals surface area contributed by atoms with Crippen LogP contribution in [-0.4, -0.2) is 47.0 Å². The number of hydrogen-bond acceptors (Lipinski definition) is 4. The van der Waals surface area contributed by atoms with Gasteiger partial charge in [0.25, 0.3) is 5.91 Å². The number of carbonyl (C=O) groups is 1. The highest BCUT2D eigenvalue weighted by molar-refractivity contribution is 5.92. The molecule has 1 aromatic heterocycles. The Balaban J connectivity index is 2.09. The Labute approximate surface area is 101 Å². The molecule has 1 fully saturated rings. The summed E-state index contributed by atoms with van der Waals surface area (Å²) in [6, 6.07) is 2.08. The van der Waals surface area contributed by atoms with Gasteiger partial charge in [-0.1, -0.05) is 0 Å². The summed E-state index contributed by atoms with van der Waals surface area (Å²) in [6.45, 7) is 3.38. The van der Waals surface area contributed by atoms with Crippen molar-refractivity contribution in [2.45, 2.75) is 25.8 Å². The van der Waals surface area contributed by atoms with Gasteiger partial charge < -0.3 is 10.2 Å². The van der Waals surface area contributed by atoms with Crippen molar-refractivity contribution in [3.05, 3.63) is 23.8 Å². The van der Waals surface area contributed by atoms with E-state index >= 15 is 0 Å². The highest BCUT2D eigenvalue weighted by Crippen LogP contribution is 2.12. The van der Waals surface area contributed by atoms with E-state index in [1.54, 1.807) is 19.2 Å². The van der Waals surface area contributed by atoms with Crippen molar-refractivity contribution in [1.29, 1.82) is 0 Å². The number of aryl methyl sites for hydroxylation is 1. The van der Waals surface area contributed by atoms with Crippen LogP contribution in [0.2, 0.25) is 0 Å². The Bertz CT molecular complexity index is 407. The first-order valence-corrected chi connectivity index (χ1v) is 5.97. The van der Waals surface area contributed by atoms with Crippen LogP contribution in [0.5, 0.6) is 0 Å². The van der Waals surface area contributed by atoms with Crippen molar-refractivity contribution < 1.29 is 4.79 Å². The monoisotopic (exact) mass is 234 g/mol. The second kappa shape index (κ2) is 5.23. The fraction of sp³-hybridized carbons (Fsp3) is 0.583. The van der Waals surface area contributed by atoms with E-state index in [0.717, 1.165) is 25.9 Å². The first kappa shape index (κ1) is 12.0. The Kier molecular flexibility index (Phi) is 3.68. The average Bonchev–Trinajstić information content (AvgIpc) is 2.38. The Morgan fingerprint density at radius 3 is 3.12 bits per heavy atom. The number of carbonyl (C=O) groups excluding carboxylic acids is 1. The molecule has 1 aromatic rings. The number of piperidine rings is 1. The van der Waals surface area contributed by atoms with Crippen LogP contribution < -0.4 is 5.32 Å². The largest absolute Gasteiger partial charge is 0.336 e. The summed E-state index contributed by atoms with van der Waals surface area (Å²) in [4.78, 5) is 22.3. The second-order valence-electron chi connectivity index (χ2n) is 4.37. The fourth-order valence-corrected chi connectivity index (χ4v) is 2.13. The van der Waals surface area contributed by atoms with E-state index in [1.165, 1.54) is 0 Å². The normalized spacial score (nSPS) is 20.4. The Morgan fingerprint density at radius 1 is 1.59 bits per heavy atom. The number of nitrogens with one attached hydrogen (secondary N) is 1. The fourth-order valence-electron chi connectivity index (χ4n) is 2.13. The molecule has 92 valence electrons. The van der Waals surface area contributed by atoms with Crippen LogP contribution in [0.15, 0.2) is 12.3 Å². The summed E-state index contributed by atoms with van der Waals surface area (Å²) in [5.41, 5.74) is 0.495. The van der Waals surface area contributed by atoms with E-state index in [1.807, 2.05) is 11.9 Å². The zero-order valence-corrected chi connectivity index (χ0v) is 10.3. The molecule has 0 radical (unpaired) electrons. The van der Waals surface area contributed by atoms with Crippen LogP contribution in [0.4, 0.5) is 0 Å². The van der Waals surface area contributed by atoms with E-state index in [-0.39, 0.29) is 5.91 Å². The van der Waals surface area contributed by atoms with Crippen LogP contribution in [0.3, 0.4) is 0 Å². The third-order valence-corrected chi connectivity index (χ3v) is 3.11. The molecule has 1 aliphatic rings. The lowest BCUT2D eigenvalue weighted by molar-refractivity contribution is 0.0691. The zero-order chi connectivity index (χ0) is 12.3. The maximum absolute atomic E-state index is 12.2. The summed E-state index contributed by atoms with van der Waals surface area (Å²) in [5, 5.41) is 3.22. The molecule has 5 nitrogen and oxygen atoms in total. The smallest absolute Gasteiger partial charge is 0.272 e. The molecule has 1 unspecified atom stereocenters. The third-order valence-electron chi connectivity index (χ3n) is 3.11. The Hall–Kier alpha value is -1.49. The summed E-state index contributed by atoms with van der Waals surface area (Å²) in [7, 11) is 1.94. The van der Waals surface area contributed by atoms with Crippen LogP contribution in [0.1, 0.15) is 29.2 Å². The van der Waals surface area contributed by atoms with Crippen molar-refractivity contribution >= 4 is 5.91 Å². The molecule has 2 heterocycles. The van der Waals surface area contributed by atoms with E-state index in [9.17, 15) is 4.79 Å². The lowest BCUT2D eigenvalue weighted by atomic mass is 10.1. The Morgan fingerprint density at radius 2 is 2.41 bits per heavy atom. The highest BCUT2D eigenvalue weighted by atomic mass is 16.2. The molecule has 1 saturated heterocycles. The lowest BCUT2D eigenvalue weighted by Crippen LogP contribution is -2.47. The van der Waals surface area contributed by atoms with Crippen molar-refractivity contribution in [3.8, 4) is 0 Å². The molecule has 0 saturated carbocycles. The van der Waals surface area contributed by atoms with Gasteiger partial charge in [-0.25, -0.2) is 9.97 Å². The van der Waals surface area contributed by atoms with Gasteiger partial charge in [-0.15, -0.1) is 0 Å². The highest BCUT2D eigenvalue weighted by Gasteiger charge is 2.24. The number of nitrogens with zero attached hydrogens (tertiary/aromatic N) is 3. The van der Waals surface area contributed by atoms with Gasteiger partial charge in [0.1, 0.15) is 11.5 Å². The maximum atomic E-state index is 12.2. The van der Waals surface area contributed by atoms with Crippen LogP contribution in [-0.2, 0) is 0 Å².